The first-order valence-corrected chi connectivity index (χ1v) is 11.6. The van der Waals surface area contributed by atoms with Crippen LogP contribution >= 0.6 is 0 Å². The van der Waals surface area contributed by atoms with Gasteiger partial charge < -0.3 is 9.47 Å². The SMILES string of the molecule is CCCc1ccc(C(=O)O[C@@H](CC)C[C@H](CC)OC(=O)c2ccc(CCC)cc2)cc1. The molecule has 4 nitrogen and oxygen atoms in total. The van der Waals surface area contributed by atoms with E-state index in [4.69, 9.17) is 9.47 Å². The molecule has 0 amide bonds. The topological polar surface area (TPSA) is 52.6 Å². The molecule has 31 heavy (non-hydrogen) atoms. The lowest BCUT2D eigenvalue weighted by molar-refractivity contribution is -0.00187. The number of benzene rings is 2. The standard InChI is InChI=1S/C27H36O4/c1-5-9-20-11-15-22(16-12-20)26(28)30-24(7-3)19-25(8-4)31-27(29)23-17-13-21(10-6-2)14-18-23/h11-18,24-25H,5-10,19H2,1-4H3/t24-,25-/m0/s1. The van der Waals surface area contributed by atoms with Crippen molar-refractivity contribution in [2.75, 3.05) is 0 Å². The normalized spacial score (nSPS) is 12.8. The molecule has 0 aliphatic carbocycles. The number of ether oxygens (including phenoxy) is 2. The summed E-state index contributed by atoms with van der Waals surface area (Å²) in [6.45, 7) is 8.21. The molecular weight excluding hydrogens is 388 g/mol. The van der Waals surface area contributed by atoms with Crippen molar-refractivity contribution in [2.45, 2.75) is 84.8 Å². The number of hydrogen-bond donors (Lipinski definition) is 0. The molecule has 0 unspecified atom stereocenters. The minimum absolute atomic E-state index is 0.299. The van der Waals surface area contributed by atoms with Crippen molar-refractivity contribution < 1.29 is 19.1 Å². The Bertz CT molecular complexity index is 739. The molecule has 2 rings (SSSR count). The summed E-state index contributed by atoms with van der Waals surface area (Å²) >= 11 is 0. The van der Waals surface area contributed by atoms with Crippen LogP contribution in [-0.4, -0.2) is 24.1 Å². The molecule has 0 aliphatic heterocycles. The number of esters is 2. The molecule has 2 atom stereocenters. The van der Waals surface area contributed by atoms with E-state index in [0.717, 1.165) is 25.7 Å². The van der Waals surface area contributed by atoms with Crippen molar-refractivity contribution in [3.63, 3.8) is 0 Å². The van der Waals surface area contributed by atoms with Gasteiger partial charge in [0, 0.05) is 6.42 Å². The van der Waals surface area contributed by atoms with E-state index in [1.165, 1.54) is 11.1 Å². The molecule has 0 aliphatic rings. The Morgan fingerprint density at radius 2 is 1.00 bits per heavy atom. The molecule has 168 valence electrons. The van der Waals surface area contributed by atoms with Crippen molar-refractivity contribution in [1.29, 1.82) is 0 Å². The highest BCUT2D eigenvalue weighted by Gasteiger charge is 2.22. The minimum Gasteiger partial charge on any atom is -0.459 e. The van der Waals surface area contributed by atoms with Gasteiger partial charge in [-0.15, -0.1) is 0 Å². The van der Waals surface area contributed by atoms with Crippen LogP contribution in [0.15, 0.2) is 48.5 Å². The van der Waals surface area contributed by atoms with E-state index >= 15 is 0 Å². The molecule has 0 saturated carbocycles. The van der Waals surface area contributed by atoms with E-state index < -0.39 is 0 Å². The molecule has 0 N–H and O–H groups in total. The summed E-state index contributed by atoms with van der Waals surface area (Å²) in [6, 6.07) is 15.2. The Morgan fingerprint density at radius 3 is 1.29 bits per heavy atom. The van der Waals surface area contributed by atoms with Gasteiger partial charge in [0.1, 0.15) is 12.2 Å². The molecule has 4 heteroatoms. The van der Waals surface area contributed by atoms with Crippen LogP contribution in [0.2, 0.25) is 0 Å². The van der Waals surface area contributed by atoms with Gasteiger partial charge in [-0.2, -0.15) is 0 Å². The molecule has 2 aromatic rings. The Hall–Kier alpha value is -2.62. The first kappa shape index (κ1) is 24.6. The van der Waals surface area contributed by atoms with Crippen LogP contribution in [0.1, 0.15) is 91.6 Å². The van der Waals surface area contributed by atoms with Crippen LogP contribution < -0.4 is 0 Å². The van der Waals surface area contributed by atoms with Crippen molar-refractivity contribution in [3.8, 4) is 0 Å². The zero-order chi connectivity index (χ0) is 22.6. The summed E-state index contributed by atoms with van der Waals surface area (Å²) in [7, 11) is 0. The zero-order valence-electron chi connectivity index (χ0n) is 19.4. The highest BCUT2D eigenvalue weighted by Crippen LogP contribution is 2.18. The number of carbonyl (C=O) groups is 2. The van der Waals surface area contributed by atoms with Crippen LogP contribution in [-0.2, 0) is 22.3 Å². The zero-order valence-corrected chi connectivity index (χ0v) is 19.4. The van der Waals surface area contributed by atoms with Crippen LogP contribution in [0, 0.1) is 0 Å². The largest absolute Gasteiger partial charge is 0.459 e. The third-order valence-electron chi connectivity index (χ3n) is 5.44. The third-order valence-corrected chi connectivity index (χ3v) is 5.44. The first-order chi connectivity index (χ1) is 15.0. The van der Waals surface area contributed by atoms with E-state index in [0.29, 0.717) is 30.4 Å². The second-order valence-corrected chi connectivity index (χ2v) is 8.00. The Labute approximate surface area is 187 Å². The Balaban J connectivity index is 1.93. The summed E-state index contributed by atoms with van der Waals surface area (Å²) in [5, 5.41) is 0. The first-order valence-electron chi connectivity index (χ1n) is 11.6. The van der Waals surface area contributed by atoms with Crippen LogP contribution in [0.25, 0.3) is 0 Å². The smallest absolute Gasteiger partial charge is 0.338 e. The minimum atomic E-state index is -0.331. The second kappa shape index (κ2) is 12.9. The predicted octanol–water partition coefficient (Wildman–Crippen LogP) is 6.55. The third kappa shape index (κ3) is 7.86. The van der Waals surface area contributed by atoms with Crippen molar-refractivity contribution >= 4 is 11.9 Å². The van der Waals surface area contributed by atoms with E-state index in [-0.39, 0.29) is 24.1 Å². The summed E-state index contributed by atoms with van der Waals surface area (Å²) in [5.74, 6) is -0.662. The molecule has 0 radical (unpaired) electrons. The number of aryl methyl sites for hydroxylation is 2. The average molecular weight is 425 g/mol. The van der Waals surface area contributed by atoms with Gasteiger partial charge >= 0.3 is 11.9 Å². The highest BCUT2D eigenvalue weighted by molar-refractivity contribution is 5.90. The summed E-state index contributed by atoms with van der Waals surface area (Å²) < 4.78 is 11.4. The van der Waals surface area contributed by atoms with Gasteiger partial charge in [-0.1, -0.05) is 64.8 Å². The molecular formula is C27H36O4. The van der Waals surface area contributed by atoms with Crippen LogP contribution in [0.3, 0.4) is 0 Å². The van der Waals surface area contributed by atoms with E-state index in [1.807, 2.05) is 62.4 Å². The fourth-order valence-electron chi connectivity index (χ4n) is 3.52. The van der Waals surface area contributed by atoms with Crippen molar-refractivity contribution in [3.05, 3.63) is 70.8 Å². The molecule has 0 fully saturated rings. The molecule has 0 spiro atoms. The summed E-state index contributed by atoms with van der Waals surface area (Å²) in [4.78, 5) is 25.1. The van der Waals surface area contributed by atoms with Gasteiger partial charge in [-0.3, -0.25) is 0 Å². The van der Waals surface area contributed by atoms with Crippen LogP contribution in [0.5, 0.6) is 0 Å². The maximum atomic E-state index is 12.6. The van der Waals surface area contributed by atoms with Gasteiger partial charge in [-0.25, -0.2) is 9.59 Å². The molecule has 2 aromatic carbocycles. The highest BCUT2D eigenvalue weighted by atomic mass is 16.6. The lowest BCUT2D eigenvalue weighted by atomic mass is 10.1. The number of rotatable bonds is 12. The number of carbonyl (C=O) groups excluding carboxylic acids is 2. The summed E-state index contributed by atoms with van der Waals surface area (Å²) in [5.41, 5.74) is 3.53. The van der Waals surface area contributed by atoms with Gasteiger partial charge in [0.25, 0.3) is 0 Å². The quantitative estimate of drug-likeness (QED) is 0.362. The van der Waals surface area contributed by atoms with Gasteiger partial charge in [0.05, 0.1) is 11.1 Å². The van der Waals surface area contributed by atoms with Crippen molar-refractivity contribution in [1.82, 2.24) is 0 Å². The molecule has 0 heterocycles. The predicted molar refractivity (Wildman–Crippen MR) is 124 cm³/mol. The fourth-order valence-corrected chi connectivity index (χ4v) is 3.52. The van der Waals surface area contributed by atoms with E-state index in [9.17, 15) is 9.59 Å². The molecule has 0 aromatic heterocycles. The molecule has 0 bridgehead atoms. The fraction of sp³-hybridized carbons (Fsp3) is 0.481. The van der Waals surface area contributed by atoms with Gasteiger partial charge in [-0.05, 0) is 61.1 Å². The summed E-state index contributed by atoms with van der Waals surface area (Å²) in [6.07, 6.45) is 5.37. The van der Waals surface area contributed by atoms with Gasteiger partial charge in [0.2, 0.25) is 0 Å². The average Bonchev–Trinajstić information content (AvgIpc) is 2.79. The van der Waals surface area contributed by atoms with Crippen LogP contribution in [0.4, 0.5) is 0 Å². The van der Waals surface area contributed by atoms with E-state index in [1.54, 1.807) is 0 Å². The monoisotopic (exact) mass is 424 g/mol. The maximum absolute atomic E-state index is 12.6. The van der Waals surface area contributed by atoms with E-state index in [2.05, 4.69) is 13.8 Å². The van der Waals surface area contributed by atoms with Crippen molar-refractivity contribution in [2.24, 2.45) is 0 Å². The number of hydrogen-bond acceptors (Lipinski definition) is 4. The second-order valence-electron chi connectivity index (χ2n) is 8.00. The Kier molecular flexibility index (Phi) is 10.3. The van der Waals surface area contributed by atoms with Gasteiger partial charge in [0.15, 0.2) is 0 Å². The maximum Gasteiger partial charge on any atom is 0.338 e. The lowest BCUT2D eigenvalue weighted by Crippen LogP contribution is -2.27. The lowest BCUT2D eigenvalue weighted by Gasteiger charge is -2.22. The molecule has 0 saturated heterocycles. The Morgan fingerprint density at radius 1 is 0.645 bits per heavy atom.